The van der Waals surface area contributed by atoms with Gasteiger partial charge in [-0.2, -0.15) is 4.31 Å². The van der Waals surface area contributed by atoms with Crippen molar-refractivity contribution in [2.75, 3.05) is 26.8 Å². The van der Waals surface area contributed by atoms with Gasteiger partial charge in [0, 0.05) is 32.3 Å². The fourth-order valence-electron chi connectivity index (χ4n) is 3.95. The van der Waals surface area contributed by atoms with Crippen LogP contribution in [0.25, 0.3) is 11.0 Å². The standard InChI is InChI=1S/C22H26FN5O4S/c1-32-12-11-28-21-9-8-18(13-20(21)25-26-28)33(30,31)27-10-4-6-17(15-27)22(29)24-14-16-5-2-3-7-19(16)23/h2-3,5,7-9,13,17H,4,6,10-12,14-15H2,1H3,(H,24,29). The Hall–Kier alpha value is -2.89. The number of amides is 1. The Morgan fingerprint density at radius 2 is 2.09 bits per heavy atom. The molecule has 0 radical (unpaired) electrons. The summed E-state index contributed by atoms with van der Waals surface area (Å²) in [5, 5.41) is 10.9. The monoisotopic (exact) mass is 475 g/mol. The highest BCUT2D eigenvalue weighted by molar-refractivity contribution is 7.89. The highest BCUT2D eigenvalue weighted by atomic mass is 32.2. The van der Waals surface area contributed by atoms with Gasteiger partial charge in [-0.05, 0) is 37.1 Å². The Labute approximate surface area is 191 Å². The fourth-order valence-corrected chi connectivity index (χ4v) is 5.49. The SMILES string of the molecule is COCCn1nnc2cc(S(=O)(=O)N3CCCC(C(=O)NCc4ccccc4F)C3)ccc21. The van der Waals surface area contributed by atoms with Crippen molar-refractivity contribution in [3.63, 3.8) is 0 Å². The predicted octanol–water partition coefficient (Wildman–Crippen LogP) is 1.93. The molecule has 1 aromatic heterocycles. The minimum Gasteiger partial charge on any atom is -0.383 e. The maximum atomic E-state index is 13.8. The molecule has 1 atom stereocenters. The third-order valence-corrected chi connectivity index (χ3v) is 7.66. The zero-order valence-corrected chi connectivity index (χ0v) is 19.1. The number of fused-ring (bicyclic) bond motifs is 1. The van der Waals surface area contributed by atoms with Crippen LogP contribution < -0.4 is 5.32 Å². The summed E-state index contributed by atoms with van der Waals surface area (Å²) in [7, 11) is -2.22. The second-order valence-corrected chi connectivity index (χ2v) is 9.91. The molecule has 0 aliphatic carbocycles. The van der Waals surface area contributed by atoms with Crippen LogP contribution in [0.3, 0.4) is 0 Å². The number of rotatable bonds is 8. The Kier molecular flexibility index (Phi) is 7.01. The molecule has 33 heavy (non-hydrogen) atoms. The molecular formula is C22H26FN5O4S. The van der Waals surface area contributed by atoms with Gasteiger partial charge in [0.25, 0.3) is 0 Å². The average Bonchev–Trinajstić information content (AvgIpc) is 3.24. The molecule has 11 heteroatoms. The number of nitrogens with zero attached hydrogens (tertiary/aromatic N) is 4. The molecule has 4 rings (SSSR count). The maximum Gasteiger partial charge on any atom is 0.243 e. The van der Waals surface area contributed by atoms with E-state index in [9.17, 15) is 17.6 Å². The molecule has 176 valence electrons. The zero-order valence-electron chi connectivity index (χ0n) is 18.3. The Bertz CT molecular complexity index is 1250. The summed E-state index contributed by atoms with van der Waals surface area (Å²) >= 11 is 0. The molecule has 2 aromatic carbocycles. The van der Waals surface area contributed by atoms with E-state index in [0.29, 0.717) is 43.6 Å². The lowest BCUT2D eigenvalue weighted by molar-refractivity contribution is -0.126. The Morgan fingerprint density at radius 1 is 1.27 bits per heavy atom. The van der Waals surface area contributed by atoms with E-state index in [0.717, 1.165) is 5.52 Å². The first-order chi connectivity index (χ1) is 15.9. The van der Waals surface area contributed by atoms with Gasteiger partial charge in [-0.1, -0.05) is 23.4 Å². The molecular weight excluding hydrogens is 449 g/mol. The lowest BCUT2D eigenvalue weighted by atomic mass is 9.98. The summed E-state index contributed by atoms with van der Waals surface area (Å²) < 4.78 is 48.4. The summed E-state index contributed by atoms with van der Waals surface area (Å²) in [5.74, 6) is -1.17. The smallest absolute Gasteiger partial charge is 0.243 e. The molecule has 1 fully saturated rings. The summed E-state index contributed by atoms with van der Waals surface area (Å²) in [5.41, 5.74) is 1.58. The molecule has 0 spiro atoms. The van der Waals surface area contributed by atoms with E-state index in [1.807, 2.05) is 0 Å². The van der Waals surface area contributed by atoms with Gasteiger partial charge < -0.3 is 10.1 Å². The summed E-state index contributed by atoms with van der Waals surface area (Å²) in [6.45, 7) is 1.44. The van der Waals surface area contributed by atoms with E-state index < -0.39 is 15.9 Å². The van der Waals surface area contributed by atoms with E-state index in [1.165, 1.54) is 22.5 Å². The zero-order chi connectivity index (χ0) is 23.4. The van der Waals surface area contributed by atoms with Gasteiger partial charge in [0.1, 0.15) is 11.3 Å². The fraction of sp³-hybridized carbons (Fsp3) is 0.409. The van der Waals surface area contributed by atoms with Crippen LogP contribution in [0.4, 0.5) is 4.39 Å². The first-order valence-corrected chi connectivity index (χ1v) is 12.2. The van der Waals surface area contributed by atoms with Gasteiger partial charge in [0.15, 0.2) is 0 Å². The largest absolute Gasteiger partial charge is 0.383 e. The lowest BCUT2D eigenvalue weighted by Gasteiger charge is -2.31. The summed E-state index contributed by atoms with van der Waals surface area (Å²) in [6.07, 6.45) is 1.13. The van der Waals surface area contributed by atoms with Crippen molar-refractivity contribution in [2.45, 2.75) is 30.8 Å². The van der Waals surface area contributed by atoms with Crippen LogP contribution in [-0.2, 0) is 32.6 Å². The molecule has 3 aromatic rings. The minimum atomic E-state index is -3.81. The van der Waals surface area contributed by atoms with Crippen LogP contribution >= 0.6 is 0 Å². The highest BCUT2D eigenvalue weighted by Gasteiger charge is 2.33. The number of nitrogens with one attached hydrogen (secondary N) is 1. The van der Waals surface area contributed by atoms with Gasteiger partial charge in [0.2, 0.25) is 15.9 Å². The van der Waals surface area contributed by atoms with Gasteiger partial charge in [-0.15, -0.1) is 5.10 Å². The number of methoxy groups -OCH3 is 1. The summed E-state index contributed by atoms with van der Waals surface area (Å²) in [4.78, 5) is 12.8. The van der Waals surface area contributed by atoms with E-state index in [4.69, 9.17) is 4.74 Å². The summed E-state index contributed by atoms with van der Waals surface area (Å²) in [6, 6.07) is 10.9. The predicted molar refractivity (Wildman–Crippen MR) is 119 cm³/mol. The first kappa shape index (κ1) is 23.3. The first-order valence-electron chi connectivity index (χ1n) is 10.7. The number of halogens is 1. The maximum absolute atomic E-state index is 13.8. The minimum absolute atomic E-state index is 0.0597. The van der Waals surface area contributed by atoms with Crippen molar-refractivity contribution >= 4 is 27.0 Å². The van der Waals surface area contributed by atoms with Crippen LogP contribution in [0, 0.1) is 11.7 Å². The van der Waals surface area contributed by atoms with Crippen LogP contribution in [0.2, 0.25) is 0 Å². The molecule has 1 N–H and O–H groups in total. The second-order valence-electron chi connectivity index (χ2n) is 7.97. The topological polar surface area (TPSA) is 106 Å². The third-order valence-electron chi connectivity index (χ3n) is 5.80. The molecule has 1 saturated heterocycles. The number of benzene rings is 2. The number of carbonyl (C=O) groups is 1. The number of hydrogen-bond acceptors (Lipinski definition) is 6. The van der Waals surface area contributed by atoms with Gasteiger partial charge >= 0.3 is 0 Å². The quantitative estimate of drug-likeness (QED) is 0.534. The van der Waals surface area contributed by atoms with Gasteiger partial charge in [-0.25, -0.2) is 17.5 Å². The van der Waals surface area contributed by atoms with Gasteiger partial charge in [0.05, 0.1) is 29.5 Å². The molecule has 1 aliphatic heterocycles. The third kappa shape index (κ3) is 5.05. The van der Waals surface area contributed by atoms with Crippen molar-refractivity contribution in [1.29, 1.82) is 0 Å². The van der Waals surface area contributed by atoms with Crippen molar-refractivity contribution in [3.05, 3.63) is 53.8 Å². The number of carbonyl (C=O) groups excluding carboxylic acids is 1. The van der Waals surface area contributed by atoms with Crippen LogP contribution in [-0.4, -0.2) is 60.4 Å². The average molecular weight is 476 g/mol. The van der Waals surface area contributed by atoms with Crippen molar-refractivity contribution in [3.8, 4) is 0 Å². The van der Waals surface area contributed by atoms with Crippen LogP contribution in [0.15, 0.2) is 47.4 Å². The van der Waals surface area contributed by atoms with E-state index in [2.05, 4.69) is 15.6 Å². The molecule has 2 heterocycles. The molecule has 1 amide bonds. The van der Waals surface area contributed by atoms with Crippen LogP contribution in [0.5, 0.6) is 0 Å². The van der Waals surface area contributed by atoms with Crippen LogP contribution in [0.1, 0.15) is 18.4 Å². The molecule has 0 saturated carbocycles. The Morgan fingerprint density at radius 3 is 2.88 bits per heavy atom. The van der Waals surface area contributed by atoms with E-state index in [1.54, 1.807) is 36.1 Å². The number of aromatic nitrogens is 3. The van der Waals surface area contributed by atoms with Crippen molar-refractivity contribution in [2.24, 2.45) is 5.92 Å². The number of sulfonamides is 1. The van der Waals surface area contributed by atoms with E-state index >= 15 is 0 Å². The molecule has 1 aliphatic rings. The van der Waals surface area contributed by atoms with E-state index in [-0.39, 0.29) is 29.7 Å². The van der Waals surface area contributed by atoms with Crippen molar-refractivity contribution < 1.29 is 22.3 Å². The normalized spacial score (nSPS) is 17.3. The lowest BCUT2D eigenvalue weighted by Crippen LogP contribution is -2.45. The van der Waals surface area contributed by atoms with Crippen molar-refractivity contribution in [1.82, 2.24) is 24.6 Å². The number of ether oxygens (including phenoxy) is 1. The number of hydrogen-bond donors (Lipinski definition) is 1. The highest BCUT2D eigenvalue weighted by Crippen LogP contribution is 2.26. The molecule has 1 unspecified atom stereocenters. The number of piperidine rings is 1. The van der Waals surface area contributed by atoms with Gasteiger partial charge in [-0.3, -0.25) is 4.79 Å². The molecule has 9 nitrogen and oxygen atoms in total. The second kappa shape index (κ2) is 9.94. The molecule has 0 bridgehead atoms. The Balaban J connectivity index is 1.45.